The fourth-order valence-corrected chi connectivity index (χ4v) is 2.84. The SMILES string of the molecule is Cc1cc(Br)cc(C)c1OCC(=O)Nc1cccc([N+](=O)[O-])c1. The average Bonchev–Trinajstić information content (AvgIpc) is 2.46. The van der Waals surface area contributed by atoms with Gasteiger partial charge in [-0.1, -0.05) is 22.0 Å². The summed E-state index contributed by atoms with van der Waals surface area (Å²) in [5.41, 5.74) is 2.11. The zero-order valence-corrected chi connectivity index (χ0v) is 14.2. The number of anilines is 1. The van der Waals surface area contributed by atoms with Crippen LogP contribution in [0.5, 0.6) is 5.75 Å². The number of carbonyl (C=O) groups is 1. The zero-order valence-electron chi connectivity index (χ0n) is 12.6. The minimum absolute atomic E-state index is 0.0803. The Morgan fingerprint density at radius 1 is 1.26 bits per heavy atom. The van der Waals surface area contributed by atoms with Gasteiger partial charge in [0, 0.05) is 22.3 Å². The lowest BCUT2D eigenvalue weighted by molar-refractivity contribution is -0.384. The zero-order chi connectivity index (χ0) is 17.0. The highest BCUT2D eigenvalue weighted by Gasteiger charge is 2.11. The van der Waals surface area contributed by atoms with Crippen LogP contribution in [0.1, 0.15) is 11.1 Å². The van der Waals surface area contributed by atoms with Gasteiger partial charge in [-0.25, -0.2) is 0 Å². The number of rotatable bonds is 5. The third-order valence-corrected chi connectivity index (χ3v) is 3.57. The van der Waals surface area contributed by atoms with E-state index in [0.717, 1.165) is 15.6 Å². The first-order valence-electron chi connectivity index (χ1n) is 6.80. The Balaban J connectivity index is 2.01. The Bertz CT molecular complexity index is 738. The number of carbonyl (C=O) groups excluding carboxylic acids is 1. The summed E-state index contributed by atoms with van der Waals surface area (Å²) >= 11 is 3.40. The van der Waals surface area contributed by atoms with Gasteiger partial charge in [-0.2, -0.15) is 0 Å². The first-order valence-corrected chi connectivity index (χ1v) is 7.60. The Kier molecular flexibility index (Phi) is 5.33. The molecule has 0 bridgehead atoms. The van der Waals surface area contributed by atoms with Crippen molar-refractivity contribution >= 4 is 33.2 Å². The monoisotopic (exact) mass is 378 g/mol. The third-order valence-electron chi connectivity index (χ3n) is 3.11. The number of benzene rings is 2. The molecule has 0 atom stereocenters. The quantitative estimate of drug-likeness (QED) is 0.629. The van der Waals surface area contributed by atoms with Gasteiger partial charge in [0.05, 0.1) is 4.92 Å². The largest absolute Gasteiger partial charge is 0.483 e. The molecule has 0 radical (unpaired) electrons. The molecule has 2 aromatic carbocycles. The van der Waals surface area contributed by atoms with E-state index in [9.17, 15) is 14.9 Å². The van der Waals surface area contributed by atoms with Gasteiger partial charge in [-0.05, 0) is 43.2 Å². The molecule has 0 aliphatic carbocycles. The summed E-state index contributed by atoms with van der Waals surface area (Å²) in [5.74, 6) is 0.273. The number of nitro groups is 1. The molecule has 1 amide bonds. The lowest BCUT2D eigenvalue weighted by atomic mass is 10.1. The lowest BCUT2D eigenvalue weighted by Crippen LogP contribution is -2.20. The normalized spacial score (nSPS) is 10.2. The molecule has 0 unspecified atom stereocenters. The maximum Gasteiger partial charge on any atom is 0.271 e. The van der Waals surface area contributed by atoms with E-state index in [4.69, 9.17) is 4.74 Å². The number of ether oxygens (including phenoxy) is 1. The molecule has 120 valence electrons. The second-order valence-electron chi connectivity index (χ2n) is 5.01. The van der Waals surface area contributed by atoms with Gasteiger partial charge in [-0.3, -0.25) is 14.9 Å². The summed E-state index contributed by atoms with van der Waals surface area (Å²) in [7, 11) is 0. The number of nitrogens with one attached hydrogen (secondary N) is 1. The maximum absolute atomic E-state index is 11.9. The van der Waals surface area contributed by atoms with Gasteiger partial charge in [0.1, 0.15) is 5.75 Å². The molecule has 0 heterocycles. The maximum atomic E-state index is 11.9. The Morgan fingerprint density at radius 2 is 1.91 bits per heavy atom. The molecule has 0 spiro atoms. The molecule has 0 aliphatic rings. The minimum Gasteiger partial charge on any atom is -0.483 e. The first kappa shape index (κ1) is 17.0. The fraction of sp³-hybridized carbons (Fsp3) is 0.188. The Hall–Kier alpha value is -2.41. The van der Waals surface area contributed by atoms with E-state index in [0.29, 0.717) is 11.4 Å². The van der Waals surface area contributed by atoms with Gasteiger partial charge in [0.2, 0.25) is 0 Å². The highest BCUT2D eigenvalue weighted by molar-refractivity contribution is 9.10. The highest BCUT2D eigenvalue weighted by Crippen LogP contribution is 2.27. The molecule has 2 aromatic rings. The van der Waals surface area contributed by atoms with E-state index in [1.54, 1.807) is 6.07 Å². The number of halogens is 1. The molecule has 23 heavy (non-hydrogen) atoms. The van der Waals surface area contributed by atoms with Crippen molar-refractivity contribution in [3.8, 4) is 5.75 Å². The summed E-state index contributed by atoms with van der Waals surface area (Å²) in [5, 5.41) is 13.3. The van der Waals surface area contributed by atoms with Gasteiger partial charge in [0.15, 0.2) is 6.61 Å². The summed E-state index contributed by atoms with van der Waals surface area (Å²) in [6, 6.07) is 9.56. The summed E-state index contributed by atoms with van der Waals surface area (Å²) < 4.78 is 6.51. The second-order valence-corrected chi connectivity index (χ2v) is 5.93. The molecule has 0 saturated carbocycles. The van der Waals surface area contributed by atoms with Crippen LogP contribution in [0.25, 0.3) is 0 Å². The van der Waals surface area contributed by atoms with Crippen molar-refractivity contribution < 1.29 is 14.5 Å². The number of hydrogen-bond acceptors (Lipinski definition) is 4. The predicted molar refractivity (Wildman–Crippen MR) is 90.8 cm³/mol. The Morgan fingerprint density at radius 3 is 2.52 bits per heavy atom. The number of aryl methyl sites for hydroxylation is 2. The molecular weight excluding hydrogens is 364 g/mol. The molecular formula is C16H15BrN2O4. The van der Waals surface area contributed by atoms with Crippen molar-refractivity contribution in [2.45, 2.75) is 13.8 Å². The van der Waals surface area contributed by atoms with Gasteiger partial charge in [0.25, 0.3) is 11.6 Å². The van der Waals surface area contributed by atoms with E-state index in [-0.39, 0.29) is 18.2 Å². The van der Waals surface area contributed by atoms with E-state index < -0.39 is 4.92 Å². The number of non-ortho nitro benzene ring substituents is 1. The molecule has 0 aliphatic heterocycles. The summed E-state index contributed by atoms with van der Waals surface area (Å²) in [6.45, 7) is 3.61. The minimum atomic E-state index is -0.513. The first-order chi connectivity index (χ1) is 10.9. The molecule has 0 aromatic heterocycles. The van der Waals surface area contributed by atoms with Crippen LogP contribution in [0.2, 0.25) is 0 Å². The summed E-state index contributed by atoms with van der Waals surface area (Å²) in [4.78, 5) is 22.1. The second kappa shape index (κ2) is 7.23. The predicted octanol–water partition coefficient (Wildman–Crippen LogP) is 3.99. The third kappa shape index (κ3) is 4.53. The highest BCUT2D eigenvalue weighted by atomic mass is 79.9. The van der Waals surface area contributed by atoms with Crippen molar-refractivity contribution in [3.63, 3.8) is 0 Å². The van der Waals surface area contributed by atoms with Crippen LogP contribution in [0, 0.1) is 24.0 Å². The van der Waals surface area contributed by atoms with E-state index >= 15 is 0 Å². The number of amides is 1. The van der Waals surface area contributed by atoms with Crippen molar-refractivity contribution in [3.05, 3.63) is 62.1 Å². The number of hydrogen-bond donors (Lipinski definition) is 1. The van der Waals surface area contributed by atoms with Crippen molar-refractivity contribution in [2.24, 2.45) is 0 Å². The molecule has 1 N–H and O–H groups in total. The van der Waals surface area contributed by atoms with Gasteiger partial charge >= 0.3 is 0 Å². The number of nitrogens with zero attached hydrogens (tertiary/aromatic N) is 1. The van der Waals surface area contributed by atoms with Crippen LogP contribution < -0.4 is 10.1 Å². The van der Waals surface area contributed by atoms with Crippen molar-refractivity contribution in [1.29, 1.82) is 0 Å². The topological polar surface area (TPSA) is 81.5 Å². The number of nitro benzene ring substituents is 1. The van der Waals surface area contributed by atoms with Crippen LogP contribution in [0.4, 0.5) is 11.4 Å². The van der Waals surface area contributed by atoms with Crippen molar-refractivity contribution in [1.82, 2.24) is 0 Å². The van der Waals surface area contributed by atoms with Crippen LogP contribution in [0.3, 0.4) is 0 Å². The molecule has 0 fully saturated rings. The van der Waals surface area contributed by atoms with E-state index in [1.807, 2.05) is 26.0 Å². The van der Waals surface area contributed by atoms with Gasteiger partial charge in [-0.15, -0.1) is 0 Å². The molecule has 2 rings (SSSR count). The molecule has 7 heteroatoms. The van der Waals surface area contributed by atoms with Crippen LogP contribution in [-0.4, -0.2) is 17.4 Å². The Labute approximate surface area is 141 Å². The average molecular weight is 379 g/mol. The fourth-order valence-electron chi connectivity index (χ4n) is 2.16. The lowest BCUT2D eigenvalue weighted by Gasteiger charge is -2.12. The molecule has 6 nitrogen and oxygen atoms in total. The summed E-state index contributed by atoms with van der Waals surface area (Å²) in [6.07, 6.45) is 0. The van der Waals surface area contributed by atoms with Crippen LogP contribution in [-0.2, 0) is 4.79 Å². The van der Waals surface area contributed by atoms with Crippen LogP contribution in [0.15, 0.2) is 40.9 Å². The van der Waals surface area contributed by atoms with E-state index in [1.165, 1.54) is 18.2 Å². The van der Waals surface area contributed by atoms with Gasteiger partial charge < -0.3 is 10.1 Å². The van der Waals surface area contributed by atoms with Crippen molar-refractivity contribution in [2.75, 3.05) is 11.9 Å². The van der Waals surface area contributed by atoms with E-state index in [2.05, 4.69) is 21.2 Å². The smallest absolute Gasteiger partial charge is 0.271 e. The van der Waals surface area contributed by atoms with Crippen LogP contribution >= 0.6 is 15.9 Å². The molecule has 0 saturated heterocycles. The standard InChI is InChI=1S/C16H15BrN2O4/c1-10-6-12(17)7-11(2)16(10)23-9-15(20)18-13-4-3-5-14(8-13)19(21)22/h3-8H,9H2,1-2H3,(H,18,20).